The van der Waals surface area contributed by atoms with Gasteiger partial charge in [-0.1, -0.05) is 6.58 Å². The van der Waals surface area contributed by atoms with E-state index in [4.69, 9.17) is 12.2 Å². The maximum Gasteiger partial charge on any atom is 0.176 e. The zero-order chi connectivity index (χ0) is 12.7. The second-order valence-electron chi connectivity index (χ2n) is 4.78. The molecule has 3 aliphatic rings. The normalized spacial score (nSPS) is 26.1. The van der Waals surface area contributed by atoms with E-state index in [0.717, 1.165) is 36.4 Å². The van der Waals surface area contributed by atoms with Crippen molar-refractivity contribution in [2.75, 3.05) is 26.7 Å². The van der Waals surface area contributed by atoms with E-state index in [2.05, 4.69) is 34.5 Å². The van der Waals surface area contributed by atoms with Crippen molar-refractivity contribution < 1.29 is 0 Å². The lowest BCUT2D eigenvalue weighted by molar-refractivity contribution is 0.402. The van der Waals surface area contributed by atoms with Crippen molar-refractivity contribution in [2.24, 2.45) is 0 Å². The topological polar surface area (TPSA) is 18.5 Å². The molecule has 1 saturated carbocycles. The molecule has 18 heavy (non-hydrogen) atoms. The molecule has 0 aromatic carbocycles. The van der Waals surface area contributed by atoms with Gasteiger partial charge in [0.1, 0.15) is 0 Å². The van der Waals surface area contributed by atoms with Crippen molar-refractivity contribution in [1.82, 2.24) is 15.1 Å². The lowest BCUT2D eigenvalue weighted by atomic mass is 9.98. The van der Waals surface area contributed by atoms with Crippen LogP contribution in [0.3, 0.4) is 0 Å². The highest BCUT2D eigenvalue weighted by molar-refractivity contribution is 7.80. The van der Waals surface area contributed by atoms with Crippen LogP contribution in [0.2, 0.25) is 0 Å². The van der Waals surface area contributed by atoms with Crippen LogP contribution in [0.4, 0.5) is 0 Å². The fourth-order valence-corrected chi connectivity index (χ4v) is 2.86. The van der Waals surface area contributed by atoms with Crippen LogP contribution in [-0.4, -0.2) is 41.6 Å². The molecule has 3 rings (SSSR count). The molecule has 0 unspecified atom stereocenters. The molecule has 0 aromatic heterocycles. The van der Waals surface area contributed by atoms with Gasteiger partial charge in [-0.15, -0.1) is 0 Å². The van der Waals surface area contributed by atoms with Gasteiger partial charge in [0.25, 0.3) is 0 Å². The average molecular weight is 258 g/mol. The number of nitrogens with zero attached hydrogens (tertiary/aromatic N) is 2. The van der Waals surface area contributed by atoms with Gasteiger partial charge in [0.05, 0.1) is 11.7 Å². The SMILES string of the molecule is C=C1CNCC2=C1N([C]1[CH][CH][CH][CH]1)C(=S)N(C)C2. The summed E-state index contributed by atoms with van der Waals surface area (Å²) in [6.07, 6.45) is 8.25. The Kier molecular flexibility index (Phi) is 3.16. The Morgan fingerprint density at radius 3 is 2.72 bits per heavy atom. The van der Waals surface area contributed by atoms with Gasteiger partial charge in [0.2, 0.25) is 0 Å². The third-order valence-electron chi connectivity index (χ3n) is 3.42. The van der Waals surface area contributed by atoms with Gasteiger partial charge >= 0.3 is 0 Å². The molecule has 0 amide bonds. The van der Waals surface area contributed by atoms with Crippen LogP contribution in [0.5, 0.6) is 0 Å². The third kappa shape index (κ3) is 1.88. The van der Waals surface area contributed by atoms with Crippen LogP contribution >= 0.6 is 12.2 Å². The molecular weight excluding hydrogens is 242 g/mol. The summed E-state index contributed by atoms with van der Waals surface area (Å²) in [6.45, 7) is 6.82. The predicted octanol–water partition coefficient (Wildman–Crippen LogP) is 1.29. The molecule has 93 valence electrons. The summed E-state index contributed by atoms with van der Waals surface area (Å²) in [4.78, 5) is 4.26. The number of hydrogen-bond acceptors (Lipinski definition) is 2. The number of hydrogen-bond donors (Lipinski definition) is 1. The van der Waals surface area contributed by atoms with Gasteiger partial charge in [0, 0.05) is 26.7 Å². The van der Waals surface area contributed by atoms with E-state index >= 15 is 0 Å². The van der Waals surface area contributed by atoms with E-state index in [-0.39, 0.29) is 0 Å². The first kappa shape index (κ1) is 12.2. The molecule has 1 aliphatic carbocycles. The Hall–Kier alpha value is -0.870. The third-order valence-corrected chi connectivity index (χ3v) is 3.91. The fraction of sp³-hybridized carbons (Fsp3) is 0.286. The first-order chi connectivity index (χ1) is 8.68. The van der Waals surface area contributed by atoms with E-state index < -0.39 is 0 Å². The number of thiocarbonyl (C=S) groups is 1. The van der Waals surface area contributed by atoms with Crippen molar-refractivity contribution in [3.8, 4) is 0 Å². The summed E-state index contributed by atoms with van der Waals surface area (Å²) >= 11 is 5.58. The van der Waals surface area contributed by atoms with E-state index in [1.807, 2.05) is 19.9 Å². The second-order valence-corrected chi connectivity index (χ2v) is 5.14. The lowest BCUT2D eigenvalue weighted by Gasteiger charge is -2.44. The molecule has 5 radical (unpaired) electrons. The Balaban J connectivity index is 2.00. The van der Waals surface area contributed by atoms with Crippen LogP contribution in [0.25, 0.3) is 0 Å². The maximum absolute atomic E-state index is 5.58. The molecule has 0 saturated heterocycles. The summed E-state index contributed by atoms with van der Waals surface area (Å²) in [5, 5.41) is 4.23. The Morgan fingerprint density at radius 2 is 2.00 bits per heavy atom. The summed E-state index contributed by atoms with van der Waals surface area (Å²) in [5.41, 5.74) is 3.69. The molecule has 0 bridgehead atoms. The van der Waals surface area contributed by atoms with Crippen LogP contribution in [0.15, 0.2) is 23.4 Å². The van der Waals surface area contributed by atoms with Crippen molar-refractivity contribution in [3.63, 3.8) is 0 Å². The monoisotopic (exact) mass is 258 g/mol. The molecule has 2 heterocycles. The van der Waals surface area contributed by atoms with Gasteiger partial charge < -0.3 is 15.1 Å². The summed E-state index contributed by atoms with van der Waals surface area (Å²) < 4.78 is 0. The molecular formula is C14H16N3S. The summed E-state index contributed by atoms with van der Waals surface area (Å²) in [6, 6.07) is 1.13. The largest absolute Gasteiger partial charge is 0.348 e. The van der Waals surface area contributed by atoms with Crippen LogP contribution in [0.1, 0.15) is 0 Å². The van der Waals surface area contributed by atoms with Crippen molar-refractivity contribution in [3.05, 3.63) is 55.1 Å². The molecule has 2 aliphatic heterocycles. The van der Waals surface area contributed by atoms with E-state index in [1.54, 1.807) is 0 Å². The highest BCUT2D eigenvalue weighted by Gasteiger charge is 2.37. The Morgan fingerprint density at radius 1 is 1.28 bits per heavy atom. The standard InChI is InChI=1S/C14H16N3S/c1-10-7-15-8-11-9-16(2)14(18)17(13(10)11)12-5-3-4-6-12/h3-6,15H,1,7-9H2,2H3. The number of likely N-dealkylation sites (N-methyl/N-ethyl adjacent to an activating group) is 1. The lowest BCUT2D eigenvalue weighted by Crippen LogP contribution is -2.51. The zero-order valence-electron chi connectivity index (χ0n) is 10.4. The van der Waals surface area contributed by atoms with Crippen LogP contribution in [0, 0.1) is 31.7 Å². The average Bonchev–Trinajstić information content (AvgIpc) is 2.85. The first-order valence-corrected chi connectivity index (χ1v) is 6.47. The van der Waals surface area contributed by atoms with E-state index in [9.17, 15) is 0 Å². The molecule has 0 atom stereocenters. The van der Waals surface area contributed by atoms with Gasteiger partial charge in [-0.25, -0.2) is 0 Å². The van der Waals surface area contributed by atoms with Gasteiger partial charge in [0.15, 0.2) is 5.11 Å². The van der Waals surface area contributed by atoms with E-state index in [0.29, 0.717) is 0 Å². The summed E-state index contributed by atoms with van der Waals surface area (Å²) in [5.74, 6) is 0. The maximum atomic E-state index is 5.58. The molecule has 0 spiro atoms. The predicted molar refractivity (Wildman–Crippen MR) is 76.5 cm³/mol. The molecule has 3 nitrogen and oxygen atoms in total. The van der Waals surface area contributed by atoms with Crippen molar-refractivity contribution >= 4 is 17.3 Å². The highest BCUT2D eigenvalue weighted by atomic mass is 32.1. The smallest absolute Gasteiger partial charge is 0.176 e. The van der Waals surface area contributed by atoms with Crippen molar-refractivity contribution in [2.45, 2.75) is 0 Å². The number of rotatable bonds is 1. The quantitative estimate of drug-likeness (QED) is 0.714. The Bertz CT molecular complexity index is 421. The highest BCUT2D eigenvalue weighted by Crippen LogP contribution is 2.37. The first-order valence-electron chi connectivity index (χ1n) is 6.06. The minimum Gasteiger partial charge on any atom is -0.348 e. The number of nitrogens with one attached hydrogen (secondary N) is 1. The fourth-order valence-electron chi connectivity index (χ4n) is 2.60. The van der Waals surface area contributed by atoms with Gasteiger partial charge in [-0.2, -0.15) is 0 Å². The van der Waals surface area contributed by atoms with Crippen LogP contribution < -0.4 is 5.32 Å². The van der Waals surface area contributed by atoms with E-state index in [1.165, 1.54) is 11.3 Å². The van der Waals surface area contributed by atoms with Gasteiger partial charge in [-0.3, -0.25) is 0 Å². The van der Waals surface area contributed by atoms with Gasteiger partial charge in [-0.05, 0) is 49.0 Å². The molecule has 4 heteroatoms. The molecule has 0 aromatic rings. The molecule has 1 fully saturated rings. The summed E-state index contributed by atoms with van der Waals surface area (Å²) in [7, 11) is 2.04. The second kappa shape index (κ2) is 4.67. The minimum atomic E-state index is 0.836. The Labute approximate surface area is 115 Å². The minimum absolute atomic E-state index is 0.836. The van der Waals surface area contributed by atoms with Crippen LogP contribution in [-0.2, 0) is 0 Å². The van der Waals surface area contributed by atoms with Crippen molar-refractivity contribution in [1.29, 1.82) is 0 Å². The molecule has 1 N–H and O–H groups in total. The zero-order valence-corrected chi connectivity index (χ0v) is 11.3.